The molecule has 0 radical (unpaired) electrons. The van der Waals surface area contributed by atoms with Gasteiger partial charge in [0.15, 0.2) is 0 Å². The van der Waals surface area contributed by atoms with Gasteiger partial charge in [-0.15, -0.1) is 0 Å². The van der Waals surface area contributed by atoms with E-state index in [1.807, 2.05) is 40.1 Å². The highest BCUT2D eigenvalue weighted by Gasteiger charge is 2.49. The molecule has 6 nitrogen and oxygen atoms in total. The minimum Gasteiger partial charge on any atom is -0.342 e. The molecule has 2 rings (SSSR count). The maximum Gasteiger partial charge on any atom is 0.246 e. The normalized spacial score (nSPS) is 22.4. The summed E-state index contributed by atoms with van der Waals surface area (Å²) in [5.74, 6) is -0.185. The Morgan fingerprint density at radius 2 is 1.95 bits per heavy atom. The van der Waals surface area contributed by atoms with Crippen molar-refractivity contribution in [2.45, 2.75) is 52.7 Å². The second-order valence-corrected chi connectivity index (χ2v) is 7.24. The summed E-state index contributed by atoms with van der Waals surface area (Å²) in [5.41, 5.74) is -0.427. The third kappa shape index (κ3) is 2.80. The van der Waals surface area contributed by atoms with Gasteiger partial charge < -0.3 is 10.2 Å². The predicted octanol–water partition coefficient (Wildman–Crippen LogP) is 1.07. The summed E-state index contributed by atoms with van der Waals surface area (Å²) in [6, 6.07) is 1.35. The van der Waals surface area contributed by atoms with Gasteiger partial charge in [0.2, 0.25) is 11.8 Å². The van der Waals surface area contributed by atoms with Gasteiger partial charge in [-0.1, -0.05) is 20.8 Å². The highest BCUT2D eigenvalue weighted by Crippen LogP contribution is 2.30. The van der Waals surface area contributed by atoms with Crippen LogP contribution in [-0.2, 0) is 23.2 Å². The summed E-state index contributed by atoms with van der Waals surface area (Å²) in [6.07, 6.45) is 1.83. The van der Waals surface area contributed by atoms with Gasteiger partial charge in [-0.2, -0.15) is 5.10 Å². The van der Waals surface area contributed by atoms with Crippen LogP contribution in [0.1, 0.15) is 40.3 Å². The molecule has 1 aromatic rings. The van der Waals surface area contributed by atoms with Gasteiger partial charge in [-0.3, -0.25) is 14.3 Å². The Hall–Kier alpha value is -1.85. The molecule has 1 aromatic heterocycles. The first-order valence-electron chi connectivity index (χ1n) is 7.14. The number of nitrogens with zero attached hydrogens (tertiary/aromatic N) is 3. The molecular formula is C15H24N4O2. The minimum atomic E-state index is -0.879. The number of amides is 2. The summed E-state index contributed by atoms with van der Waals surface area (Å²) in [4.78, 5) is 26.8. The number of carbonyl (C=O) groups excluding carboxylic acids is 2. The van der Waals surface area contributed by atoms with Crippen molar-refractivity contribution in [2.75, 3.05) is 0 Å². The number of nitrogens with one attached hydrogen (secondary N) is 1. The molecule has 1 N–H and O–H groups in total. The molecule has 116 valence electrons. The van der Waals surface area contributed by atoms with Crippen molar-refractivity contribution in [1.29, 1.82) is 0 Å². The molecule has 2 amide bonds. The Morgan fingerprint density at radius 1 is 1.33 bits per heavy atom. The SMILES string of the molecule is Cn1ccc(CN2C(=O)C(C(C)(C)C)NC(=O)C2(C)C)n1. The van der Waals surface area contributed by atoms with Crippen molar-refractivity contribution >= 4 is 11.8 Å². The van der Waals surface area contributed by atoms with Crippen LogP contribution in [0.5, 0.6) is 0 Å². The lowest BCUT2D eigenvalue weighted by Crippen LogP contribution is -2.70. The zero-order valence-electron chi connectivity index (χ0n) is 13.6. The zero-order chi connectivity index (χ0) is 16.0. The van der Waals surface area contributed by atoms with Crippen LogP contribution in [0, 0.1) is 5.41 Å². The number of aromatic nitrogens is 2. The van der Waals surface area contributed by atoms with Crippen LogP contribution in [0.2, 0.25) is 0 Å². The minimum absolute atomic E-state index is 0.0576. The molecule has 0 aromatic carbocycles. The van der Waals surface area contributed by atoms with Gasteiger partial charge in [0, 0.05) is 13.2 Å². The maximum atomic E-state index is 12.8. The van der Waals surface area contributed by atoms with E-state index >= 15 is 0 Å². The Bertz CT molecular complexity index is 568. The molecular weight excluding hydrogens is 268 g/mol. The molecule has 1 fully saturated rings. The lowest BCUT2D eigenvalue weighted by atomic mass is 9.82. The molecule has 6 heteroatoms. The van der Waals surface area contributed by atoms with Crippen LogP contribution in [0.15, 0.2) is 12.3 Å². The number of hydrogen-bond donors (Lipinski definition) is 1. The van der Waals surface area contributed by atoms with Crippen molar-refractivity contribution in [3.8, 4) is 0 Å². The van der Waals surface area contributed by atoms with E-state index in [4.69, 9.17) is 0 Å². The molecule has 0 spiro atoms. The van der Waals surface area contributed by atoms with E-state index in [0.717, 1.165) is 5.69 Å². The number of hydrogen-bond acceptors (Lipinski definition) is 3. The smallest absolute Gasteiger partial charge is 0.246 e. The first-order valence-corrected chi connectivity index (χ1v) is 7.14. The van der Waals surface area contributed by atoms with Crippen molar-refractivity contribution in [2.24, 2.45) is 12.5 Å². The number of carbonyl (C=O) groups is 2. The van der Waals surface area contributed by atoms with E-state index < -0.39 is 11.6 Å². The van der Waals surface area contributed by atoms with Crippen molar-refractivity contribution in [3.05, 3.63) is 18.0 Å². The number of aryl methyl sites for hydroxylation is 1. The first kappa shape index (κ1) is 15.5. The zero-order valence-corrected chi connectivity index (χ0v) is 13.6. The summed E-state index contributed by atoms with van der Waals surface area (Å²) < 4.78 is 1.69. The average molecular weight is 292 g/mol. The van der Waals surface area contributed by atoms with Crippen LogP contribution in [0.4, 0.5) is 0 Å². The number of rotatable bonds is 2. The molecule has 1 aliphatic heterocycles. The highest BCUT2D eigenvalue weighted by atomic mass is 16.2. The Balaban J connectivity index is 2.34. The Labute approximate surface area is 125 Å². The predicted molar refractivity (Wildman–Crippen MR) is 79.2 cm³/mol. The maximum absolute atomic E-state index is 12.8. The summed E-state index contributed by atoms with van der Waals surface area (Å²) in [5, 5.41) is 7.17. The summed E-state index contributed by atoms with van der Waals surface area (Å²) in [7, 11) is 1.83. The van der Waals surface area contributed by atoms with E-state index in [9.17, 15) is 9.59 Å². The van der Waals surface area contributed by atoms with Crippen LogP contribution in [-0.4, -0.2) is 38.1 Å². The van der Waals surface area contributed by atoms with E-state index in [1.54, 1.807) is 23.4 Å². The third-order valence-corrected chi connectivity index (χ3v) is 3.97. The van der Waals surface area contributed by atoms with Crippen LogP contribution in [0.25, 0.3) is 0 Å². The molecule has 1 saturated heterocycles. The van der Waals surface area contributed by atoms with E-state index in [0.29, 0.717) is 6.54 Å². The highest BCUT2D eigenvalue weighted by molar-refractivity contribution is 5.99. The lowest BCUT2D eigenvalue weighted by molar-refractivity contribution is -0.159. The van der Waals surface area contributed by atoms with E-state index in [2.05, 4.69) is 10.4 Å². The fraction of sp³-hybridized carbons (Fsp3) is 0.667. The van der Waals surface area contributed by atoms with Crippen molar-refractivity contribution in [3.63, 3.8) is 0 Å². The third-order valence-electron chi connectivity index (χ3n) is 3.97. The summed E-state index contributed by atoms with van der Waals surface area (Å²) in [6.45, 7) is 9.73. The average Bonchev–Trinajstić information content (AvgIpc) is 2.74. The van der Waals surface area contributed by atoms with E-state index in [1.165, 1.54) is 0 Å². The van der Waals surface area contributed by atoms with Gasteiger partial charge in [0.05, 0.1) is 12.2 Å². The van der Waals surface area contributed by atoms with Gasteiger partial charge in [-0.25, -0.2) is 0 Å². The van der Waals surface area contributed by atoms with Gasteiger partial charge in [-0.05, 0) is 25.3 Å². The molecule has 1 atom stereocenters. The molecule has 0 aliphatic carbocycles. The Morgan fingerprint density at radius 3 is 2.43 bits per heavy atom. The first-order chi connectivity index (χ1) is 9.53. The van der Waals surface area contributed by atoms with Gasteiger partial charge in [0.1, 0.15) is 11.6 Å². The largest absolute Gasteiger partial charge is 0.342 e. The van der Waals surface area contributed by atoms with Gasteiger partial charge in [0.25, 0.3) is 0 Å². The monoisotopic (exact) mass is 292 g/mol. The molecule has 1 unspecified atom stereocenters. The molecule has 21 heavy (non-hydrogen) atoms. The van der Waals surface area contributed by atoms with Gasteiger partial charge >= 0.3 is 0 Å². The quantitative estimate of drug-likeness (QED) is 0.886. The standard InChI is InChI=1S/C15H24N4O2/c1-14(2,3)11-12(20)19(15(4,5)13(21)16-11)9-10-7-8-18(6)17-10/h7-8,11H,9H2,1-6H3,(H,16,21). The Kier molecular flexibility index (Phi) is 3.59. The fourth-order valence-corrected chi connectivity index (χ4v) is 2.50. The van der Waals surface area contributed by atoms with Crippen LogP contribution >= 0.6 is 0 Å². The molecule has 0 saturated carbocycles. The summed E-state index contributed by atoms with van der Waals surface area (Å²) >= 11 is 0. The van der Waals surface area contributed by atoms with Crippen LogP contribution in [0.3, 0.4) is 0 Å². The second-order valence-electron chi connectivity index (χ2n) is 7.24. The van der Waals surface area contributed by atoms with Crippen molar-refractivity contribution < 1.29 is 9.59 Å². The van der Waals surface area contributed by atoms with E-state index in [-0.39, 0.29) is 17.2 Å². The fourth-order valence-electron chi connectivity index (χ4n) is 2.50. The molecule has 1 aliphatic rings. The van der Waals surface area contributed by atoms with Crippen molar-refractivity contribution in [1.82, 2.24) is 20.0 Å². The molecule has 2 heterocycles. The second kappa shape index (κ2) is 4.86. The van der Waals surface area contributed by atoms with Crippen LogP contribution < -0.4 is 5.32 Å². The molecule has 0 bridgehead atoms. The topological polar surface area (TPSA) is 67.2 Å². The number of piperazine rings is 1. The lowest BCUT2D eigenvalue weighted by Gasteiger charge is -2.47.